The average molecular weight is 343 g/mol. The number of carbonyl (C=O) groups is 2. The van der Waals surface area contributed by atoms with Gasteiger partial charge in [0.15, 0.2) is 0 Å². The Balaban J connectivity index is 1.59. The lowest BCUT2D eigenvalue weighted by Crippen LogP contribution is -2.42. The van der Waals surface area contributed by atoms with Crippen LogP contribution in [0, 0.1) is 6.92 Å². The van der Waals surface area contributed by atoms with Crippen LogP contribution >= 0.6 is 11.3 Å². The molecule has 2 amide bonds. The first-order valence-electron chi connectivity index (χ1n) is 8.14. The Labute approximate surface area is 145 Å². The molecule has 5 nitrogen and oxygen atoms in total. The minimum absolute atomic E-state index is 0.0687. The van der Waals surface area contributed by atoms with Crippen molar-refractivity contribution in [3.8, 4) is 10.6 Å². The molecule has 24 heavy (non-hydrogen) atoms. The van der Waals surface area contributed by atoms with Gasteiger partial charge in [-0.15, -0.1) is 11.3 Å². The highest BCUT2D eigenvalue weighted by Gasteiger charge is 2.22. The second-order valence-corrected chi connectivity index (χ2v) is 7.05. The fourth-order valence-electron chi connectivity index (χ4n) is 2.83. The van der Waals surface area contributed by atoms with Crippen LogP contribution in [0.1, 0.15) is 35.8 Å². The molecule has 1 saturated heterocycles. The number of likely N-dealkylation sites (tertiary alicyclic amines) is 1. The summed E-state index contributed by atoms with van der Waals surface area (Å²) >= 11 is 1.60. The van der Waals surface area contributed by atoms with Gasteiger partial charge in [-0.05, 0) is 32.4 Å². The van der Waals surface area contributed by atoms with E-state index < -0.39 is 0 Å². The molecule has 1 aliphatic heterocycles. The summed E-state index contributed by atoms with van der Waals surface area (Å²) in [5, 5.41) is 5.93. The van der Waals surface area contributed by atoms with Gasteiger partial charge < -0.3 is 10.2 Å². The number of hydrogen-bond acceptors (Lipinski definition) is 4. The molecule has 2 heterocycles. The second-order valence-electron chi connectivity index (χ2n) is 6.19. The van der Waals surface area contributed by atoms with Gasteiger partial charge in [-0.3, -0.25) is 9.59 Å². The van der Waals surface area contributed by atoms with Gasteiger partial charge in [0.05, 0.1) is 0 Å². The van der Waals surface area contributed by atoms with E-state index in [2.05, 4.69) is 10.3 Å². The van der Waals surface area contributed by atoms with Crippen molar-refractivity contribution >= 4 is 23.2 Å². The van der Waals surface area contributed by atoms with Crippen LogP contribution in [0.25, 0.3) is 10.6 Å². The van der Waals surface area contributed by atoms with Crippen molar-refractivity contribution in [3.05, 3.63) is 40.9 Å². The summed E-state index contributed by atoms with van der Waals surface area (Å²) in [6.45, 7) is 5.26. The third-order valence-corrected chi connectivity index (χ3v) is 5.07. The molecule has 0 spiro atoms. The molecule has 1 fully saturated rings. The van der Waals surface area contributed by atoms with Gasteiger partial charge in [0.25, 0.3) is 5.91 Å². The Bertz CT molecular complexity index is 739. The van der Waals surface area contributed by atoms with E-state index in [9.17, 15) is 9.59 Å². The first-order chi connectivity index (χ1) is 11.5. The van der Waals surface area contributed by atoms with Crippen LogP contribution in [-0.2, 0) is 4.79 Å². The van der Waals surface area contributed by atoms with Crippen molar-refractivity contribution in [1.29, 1.82) is 0 Å². The summed E-state index contributed by atoms with van der Waals surface area (Å²) in [6, 6.07) is 7.40. The number of hydrogen-bond donors (Lipinski definition) is 1. The quantitative estimate of drug-likeness (QED) is 0.908. The monoisotopic (exact) mass is 343 g/mol. The SMILES string of the molecule is Cc1csc(-c2ccc(C(=O)N[C@@H](C)CN3CCCC3=O)cc2)n1. The number of nitrogens with zero attached hydrogens (tertiary/aromatic N) is 2. The van der Waals surface area contributed by atoms with Crippen LogP contribution in [0.15, 0.2) is 29.6 Å². The van der Waals surface area contributed by atoms with E-state index in [1.54, 1.807) is 11.3 Å². The van der Waals surface area contributed by atoms with Crippen molar-refractivity contribution in [1.82, 2.24) is 15.2 Å². The Morgan fingerprint density at radius 1 is 1.38 bits per heavy atom. The van der Waals surface area contributed by atoms with Gasteiger partial charge in [0, 0.05) is 47.8 Å². The zero-order chi connectivity index (χ0) is 17.1. The third kappa shape index (κ3) is 3.82. The number of rotatable bonds is 5. The highest BCUT2D eigenvalue weighted by atomic mass is 32.1. The summed E-state index contributed by atoms with van der Waals surface area (Å²) in [4.78, 5) is 30.2. The molecule has 0 saturated carbocycles. The Morgan fingerprint density at radius 2 is 2.12 bits per heavy atom. The van der Waals surface area contributed by atoms with Gasteiger partial charge >= 0.3 is 0 Å². The van der Waals surface area contributed by atoms with Crippen molar-refractivity contribution in [3.63, 3.8) is 0 Å². The molecule has 1 aromatic heterocycles. The molecule has 0 bridgehead atoms. The Morgan fingerprint density at radius 3 is 2.71 bits per heavy atom. The third-order valence-electron chi connectivity index (χ3n) is 4.06. The topological polar surface area (TPSA) is 62.3 Å². The minimum Gasteiger partial charge on any atom is -0.348 e. The predicted octanol–water partition coefficient (Wildman–Crippen LogP) is 2.86. The first-order valence-corrected chi connectivity index (χ1v) is 9.02. The van der Waals surface area contributed by atoms with Crippen LogP contribution < -0.4 is 5.32 Å². The fourth-order valence-corrected chi connectivity index (χ4v) is 3.63. The van der Waals surface area contributed by atoms with Crippen molar-refractivity contribution < 1.29 is 9.59 Å². The maximum atomic E-state index is 12.3. The van der Waals surface area contributed by atoms with Gasteiger partial charge in [0.2, 0.25) is 5.91 Å². The summed E-state index contributed by atoms with van der Waals surface area (Å²) in [7, 11) is 0. The molecule has 0 unspecified atom stereocenters. The molecular weight excluding hydrogens is 322 g/mol. The van der Waals surface area contributed by atoms with E-state index in [0.29, 0.717) is 18.5 Å². The lowest BCUT2D eigenvalue weighted by atomic mass is 10.1. The average Bonchev–Trinajstić information content (AvgIpc) is 3.16. The van der Waals surface area contributed by atoms with Crippen molar-refractivity contribution in [2.75, 3.05) is 13.1 Å². The maximum absolute atomic E-state index is 12.3. The van der Waals surface area contributed by atoms with Gasteiger partial charge in [-0.2, -0.15) is 0 Å². The fraction of sp³-hybridized carbons (Fsp3) is 0.389. The molecule has 3 rings (SSSR count). The van der Waals surface area contributed by atoms with Gasteiger partial charge in [-0.25, -0.2) is 4.98 Å². The number of aryl methyl sites for hydroxylation is 1. The van der Waals surface area contributed by atoms with Crippen LogP contribution in [0.3, 0.4) is 0 Å². The number of aromatic nitrogens is 1. The van der Waals surface area contributed by atoms with Crippen LogP contribution in [0.4, 0.5) is 0 Å². The van der Waals surface area contributed by atoms with E-state index in [4.69, 9.17) is 0 Å². The summed E-state index contributed by atoms with van der Waals surface area (Å²) < 4.78 is 0. The lowest BCUT2D eigenvalue weighted by molar-refractivity contribution is -0.127. The van der Waals surface area contributed by atoms with E-state index in [0.717, 1.165) is 29.2 Å². The number of carbonyl (C=O) groups excluding carboxylic acids is 2. The largest absolute Gasteiger partial charge is 0.348 e. The number of nitrogens with one attached hydrogen (secondary N) is 1. The smallest absolute Gasteiger partial charge is 0.251 e. The molecule has 0 aliphatic carbocycles. The van der Waals surface area contributed by atoms with Gasteiger partial charge in [0.1, 0.15) is 5.01 Å². The van der Waals surface area contributed by atoms with E-state index >= 15 is 0 Å². The molecule has 126 valence electrons. The lowest BCUT2D eigenvalue weighted by Gasteiger charge is -2.21. The summed E-state index contributed by atoms with van der Waals surface area (Å²) in [6.07, 6.45) is 1.54. The zero-order valence-corrected chi connectivity index (χ0v) is 14.7. The molecular formula is C18H21N3O2S. The molecule has 1 aliphatic rings. The molecule has 6 heteroatoms. The van der Waals surface area contributed by atoms with E-state index in [1.807, 2.05) is 48.4 Å². The standard InChI is InChI=1S/C18H21N3O2S/c1-12(10-21-9-3-4-16(21)22)19-17(23)14-5-7-15(8-6-14)18-20-13(2)11-24-18/h5-8,11-12H,3-4,9-10H2,1-2H3,(H,19,23)/t12-/m0/s1. The number of thiazole rings is 1. The summed E-state index contributed by atoms with van der Waals surface area (Å²) in [5.74, 6) is 0.0650. The number of benzene rings is 1. The summed E-state index contributed by atoms with van der Waals surface area (Å²) in [5.41, 5.74) is 2.63. The first kappa shape index (κ1) is 16.6. The van der Waals surface area contributed by atoms with Crippen LogP contribution in [-0.4, -0.2) is 40.8 Å². The van der Waals surface area contributed by atoms with Crippen molar-refractivity contribution in [2.45, 2.75) is 32.7 Å². The molecule has 2 aromatic rings. The number of amides is 2. The highest BCUT2D eigenvalue weighted by molar-refractivity contribution is 7.13. The van der Waals surface area contributed by atoms with Gasteiger partial charge in [-0.1, -0.05) is 12.1 Å². The molecule has 1 N–H and O–H groups in total. The molecule has 1 atom stereocenters. The van der Waals surface area contributed by atoms with Crippen molar-refractivity contribution in [2.24, 2.45) is 0 Å². The zero-order valence-electron chi connectivity index (χ0n) is 13.9. The highest BCUT2D eigenvalue weighted by Crippen LogP contribution is 2.23. The van der Waals surface area contributed by atoms with Crippen LogP contribution in [0.2, 0.25) is 0 Å². The van der Waals surface area contributed by atoms with E-state index in [1.165, 1.54) is 0 Å². The second kappa shape index (κ2) is 7.13. The van der Waals surface area contributed by atoms with E-state index in [-0.39, 0.29) is 17.9 Å². The predicted molar refractivity (Wildman–Crippen MR) is 95.0 cm³/mol. The van der Waals surface area contributed by atoms with Crippen LogP contribution in [0.5, 0.6) is 0 Å². The normalized spacial score (nSPS) is 15.6. The minimum atomic E-state index is -0.115. The Hall–Kier alpha value is -2.21. The molecule has 0 radical (unpaired) electrons. The Kier molecular flexibility index (Phi) is 4.94. The maximum Gasteiger partial charge on any atom is 0.251 e. The molecule has 1 aromatic carbocycles.